The molecule has 0 spiro atoms. The summed E-state index contributed by atoms with van der Waals surface area (Å²) in [5, 5.41) is 8.68. The number of ether oxygens (including phenoxy) is 1. The summed E-state index contributed by atoms with van der Waals surface area (Å²) in [5.41, 5.74) is 1.37. The highest BCUT2D eigenvalue weighted by Crippen LogP contribution is 2.21. The van der Waals surface area contributed by atoms with Crippen LogP contribution in [0.2, 0.25) is 5.02 Å². The maximum Gasteiger partial charge on any atom is 0.238 e. The van der Waals surface area contributed by atoms with E-state index < -0.39 is 10.0 Å². The minimum Gasteiger partial charge on any atom is -0.492 e. The Hall–Kier alpha value is -2.62. The van der Waals surface area contributed by atoms with Gasteiger partial charge in [0.05, 0.1) is 22.5 Å². The van der Waals surface area contributed by atoms with Crippen molar-refractivity contribution in [3.05, 3.63) is 53.3 Å². The fraction of sp³-hybridized carbons (Fsp3) is 0.333. The number of nitrogens with zero attached hydrogens (tertiary/aromatic N) is 2. The highest BCUT2D eigenvalue weighted by atomic mass is 35.5. The van der Waals surface area contributed by atoms with Gasteiger partial charge >= 0.3 is 0 Å². The second-order valence-electron chi connectivity index (χ2n) is 7.03. The number of benzene rings is 2. The number of hydrogen-bond donors (Lipinski definition) is 2. The van der Waals surface area contributed by atoms with Gasteiger partial charge in [-0.15, -0.1) is 0 Å². The molecule has 31 heavy (non-hydrogen) atoms. The Bertz CT molecular complexity index is 1160. The predicted molar refractivity (Wildman–Crippen MR) is 120 cm³/mol. The maximum absolute atomic E-state index is 12.2. The van der Waals surface area contributed by atoms with Gasteiger partial charge in [-0.3, -0.25) is 4.79 Å². The van der Waals surface area contributed by atoms with Crippen LogP contribution in [-0.2, 0) is 27.8 Å². The molecule has 1 aromatic heterocycles. The number of halogens is 1. The van der Waals surface area contributed by atoms with Gasteiger partial charge in [0.25, 0.3) is 0 Å². The van der Waals surface area contributed by atoms with E-state index in [0.29, 0.717) is 35.9 Å². The Morgan fingerprint density at radius 3 is 2.65 bits per heavy atom. The number of hydrogen-bond acceptors (Lipinski definition) is 5. The van der Waals surface area contributed by atoms with E-state index in [-0.39, 0.29) is 17.2 Å². The Balaban J connectivity index is 1.58. The Morgan fingerprint density at radius 2 is 1.97 bits per heavy atom. The molecular formula is C21H25ClN4O4S. The largest absolute Gasteiger partial charge is 0.492 e. The summed E-state index contributed by atoms with van der Waals surface area (Å²) in [6, 6.07) is 11.7. The van der Waals surface area contributed by atoms with Gasteiger partial charge in [0.15, 0.2) is 0 Å². The number of amides is 1. The summed E-state index contributed by atoms with van der Waals surface area (Å²) in [6.07, 6.45) is 1.57. The minimum absolute atomic E-state index is 0.0196. The van der Waals surface area contributed by atoms with Gasteiger partial charge in [-0.05, 0) is 48.9 Å². The van der Waals surface area contributed by atoms with Gasteiger partial charge in [0.2, 0.25) is 15.9 Å². The third-order valence-electron chi connectivity index (χ3n) is 4.66. The Kier molecular flexibility index (Phi) is 7.53. The number of nitrogens with one attached hydrogen (secondary N) is 1. The third kappa shape index (κ3) is 6.19. The summed E-state index contributed by atoms with van der Waals surface area (Å²) in [6.45, 7) is 3.49. The Labute approximate surface area is 186 Å². The third-order valence-corrected chi connectivity index (χ3v) is 5.82. The average molecular weight is 465 g/mol. The highest BCUT2D eigenvalue weighted by molar-refractivity contribution is 7.89. The number of carbonyl (C=O) groups is 1. The smallest absolute Gasteiger partial charge is 0.238 e. The normalized spacial score (nSPS) is 11.6. The molecule has 0 bridgehead atoms. The lowest BCUT2D eigenvalue weighted by Gasteiger charge is -2.09. The molecule has 0 saturated carbocycles. The van der Waals surface area contributed by atoms with E-state index in [2.05, 4.69) is 10.3 Å². The van der Waals surface area contributed by atoms with Crippen LogP contribution in [0.15, 0.2) is 47.4 Å². The molecule has 10 heteroatoms. The number of carbonyl (C=O) groups excluding carboxylic acids is 1. The minimum atomic E-state index is -3.80. The first kappa shape index (κ1) is 23.1. The highest BCUT2D eigenvalue weighted by Gasteiger charge is 2.15. The first-order valence-corrected chi connectivity index (χ1v) is 11.9. The molecule has 0 saturated heterocycles. The number of fused-ring (bicyclic) bond motifs is 1. The molecule has 166 valence electrons. The van der Waals surface area contributed by atoms with E-state index in [4.69, 9.17) is 21.5 Å². The number of primary sulfonamides is 1. The summed E-state index contributed by atoms with van der Waals surface area (Å²) in [5.74, 6) is 1.31. The lowest BCUT2D eigenvalue weighted by Crippen LogP contribution is -2.28. The fourth-order valence-electron chi connectivity index (χ4n) is 3.20. The predicted octanol–water partition coefficient (Wildman–Crippen LogP) is 2.87. The first-order valence-electron chi connectivity index (χ1n) is 9.95. The summed E-state index contributed by atoms with van der Waals surface area (Å²) >= 11 is 5.83. The molecule has 3 rings (SSSR count). The monoisotopic (exact) mass is 464 g/mol. The summed E-state index contributed by atoms with van der Waals surface area (Å²) in [4.78, 5) is 16.8. The zero-order valence-corrected chi connectivity index (χ0v) is 18.7. The van der Waals surface area contributed by atoms with Gasteiger partial charge < -0.3 is 14.6 Å². The van der Waals surface area contributed by atoms with E-state index in [0.717, 1.165) is 24.3 Å². The fourth-order valence-corrected chi connectivity index (χ4v) is 3.86. The van der Waals surface area contributed by atoms with Crippen molar-refractivity contribution in [2.75, 3.05) is 13.2 Å². The molecule has 3 aromatic rings. The van der Waals surface area contributed by atoms with Crippen molar-refractivity contribution in [2.24, 2.45) is 5.14 Å². The molecular weight excluding hydrogens is 440 g/mol. The molecule has 0 atom stereocenters. The number of aromatic nitrogens is 2. The van der Waals surface area contributed by atoms with E-state index in [1.807, 2.05) is 11.5 Å². The molecule has 1 amide bonds. The summed E-state index contributed by atoms with van der Waals surface area (Å²) < 4.78 is 30.8. The Morgan fingerprint density at radius 1 is 1.23 bits per heavy atom. The van der Waals surface area contributed by atoms with Crippen LogP contribution in [-0.4, -0.2) is 37.0 Å². The van der Waals surface area contributed by atoms with Crippen LogP contribution in [0.3, 0.4) is 0 Å². The second kappa shape index (κ2) is 10.1. The van der Waals surface area contributed by atoms with Crippen molar-refractivity contribution >= 4 is 38.6 Å². The first-order chi connectivity index (χ1) is 14.8. The lowest BCUT2D eigenvalue weighted by atomic mass is 10.2. The van der Waals surface area contributed by atoms with E-state index >= 15 is 0 Å². The van der Waals surface area contributed by atoms with Crippen LogP contribution in [0.4, 0.5) is 0 Å². The van der Waals surface area contributed by atoms with Crippen LogP contribution in [0.25, 0.3) is 11.0 Å². The molecule has 0 unspecified atom stereocenters. The van der Waals surface area contributed by atoms with Gasteiger partial charge in [0, 0.05) is 24.4 Å². The van der Waals surface area contributed by atoms with Crippen molar-refractivity contribution < 1.29 is 17.9 Å². The molecule has 2 aromatic carbocycles. The molecule has 0 radical (unpaired) electrons. The van der Waals surface area contributed by atoms with Crippen molar-refractivity contribution in [2.45, 2.75) is 37.6 Å². The molecule has 0 aliphatic rings. The van der Waals surface area contributed by atoms with Crippen molar-refractivity contribution in [1.29, 1.82) is 0 Å². The SMILES string of the molecule is CCCn1c(CCC(=O)NCCOc2ccc(Cl)cc2)nc2cc(S(N)(=O)=O)ccc21. The van der Waals surface area contributed by atoms with Crippen LogP contribution in [0.5, 0.6) is 5.75 Å². The molecule has 8 nitrogen and oxygen atoms in total. The van der Waals surface area contributed by atoms with E-state index in [1.54, 1.807) is 30.3 Å². The van der Waals surface area contributed by atoms with Crippen LogP contribution in [0, 0.1) is 0 Å². The zero-order chi connectivity index (χ0) is 22.4. The van der Waals surface area contributed by atoms with Crippen molar-refractivity contribution in [1.82, 2.24) is 14.9 Å². The number of imidazole rings is 1. The van der Waals surface area contributed by atoms with Gasteiger partial charge in [-0.2, -0.15) is 0 Å². The van der Waals surface area contributed by atoms with Crippen LogP contribution >= 0.6 is 11.6 Å². The zero-order valence-electron chi connectivity index (χ0n) is 17.2. The number of nitrogens with two attached hydrogens (primary N) is 1. The van der Waals surface area contributed by atoms with E-state index in [9.17, 15) is 13.2 Å². The maximum atomic E-state index is 12.2. The van der Waals surface area contributed by atoms with Gasteiger partial charge in [-0.1, -0.05) is 18.5 Å². The van der Waals surface area contributed by atoms with Gasteiger partial charge in [0.1, 0.15) is 18.2 Å². The number of rotatable bonds is 10. The van der Waals surface area contributed by atoms with Gasteiger partial charge in [-0.25, -0.2) is 18.5 Å². The van der Waals surface area contributed by atoms with Crippen molar-refractivity contribution in [3.63, 3.8) is 0 Å². The molecule has 3 N–H and O–H groups in total. The van der Waals surface area contributed by atoms with Crippen LogP contribution in [0.1, 0.15) is 25.6 Å². The standard InChI is InChI=1S/C21H25ClN4O4S/c1-2-12-26-19-8-7-17(31(23,28)29)14-18(19)25-20(26)9-10-21(27)24-11-13-30-16-5-3-15(22)4-6-16/h3-8,14H,2,9-13H2,1H3,(H,24,27)(H2,23,28,29). The molecule has 1 heterocycles. The van der Waals surface area contributed by atoms with Crippen molar-refractivity contribution in [3.8, 4) is 5.75 Å². The molecule has 0 aliphatic carbocycles. The topological polar surface area (TPSA) is 116 Å². The number of sulfonamides is 1. The molecule has 0 aliphatic heterocycles. The lowest BCUT2D eigenvalue weighted by molar-refractivity contribution is -0.121. The van der Waals surface area contributed by atoms with Crippen LogP contribution < -0.4 is 15.2 Å². The summed E-state index contributed by atoms with van der Waals surface area (Å²) in [7, 11) is -3.80. The number of aryl methyl sites for hydroxylation is 2. The average Bonchev–Trinajstić information content (AvgIpc) is 3.07. The quantitative estimate of drug-likeness (QED) is 0.447. The molecule has 0 fully saturated rings. The van der Waals surface area contributed by atoms with E-state index in [1.165, 1.54) is 12.1 Å². The second-order valence-corrected chi connectivity index (χ2v) is 9.03.